The van der Waals surface area contributed by atoms with E-state index in [4.69, 9.17) is 9.72 Å². The molecule has 0 bridgehead atoms. The largest absolute Gasteiger partial charge is 0.497 e. The molecule has 1 saturated heterocycles. The van der Waals surface area contributed by atoms with Gasteiger partial charge in [0.2, 0.25) is 0 Å². The molecular weight excluding hydrogens is 420 g/mol. The van der Waals surface area contributed by atoms with E-state index < -0.39 is 0 Å². The molecule has 1 unspecified atom stereocenters. The molecule has 4 rings (SSSR count). The minimum absolute atomic E-state index is 0. The lowest BCUT2D eigenvalue weighted by molar-refractivity contribution is 0.376. The maximum Gasteiger partial charge on any atom is 0.118 e. The summed E-state index contributed by atoms with van der Waals surface area (Å²) in [5.74, 6) is 0.856. The van der Waals surface area contributed by atoms with E-state index in [1.165, 1.54) is 32.2 Å². The Morgan fingerprint density at radius 1 is 1.03 bits per heavy atom. The van der Waals surface area contributed by atoms with Crippen LogP contribution in [0.15, 0.2) is 54.6 Å². The first-order valence-electron chi connectivity index (χ1n) is 11.6. The van der Waals surface area contributed by atoms with Crippen LogP contribution in [0, 0.1) is 0 Å². The number of hydrogen-bond acceptors (Lipinski definition) is 5. The van der Waals surface area contributed by atoms with Crippen LogP contribution < -0.4 is 20.7 Å². The molecule has 0 spiro atoms. The van der Waals surface area contributed by atoms with Crippen LogP contribution in [0.1, 0.15) is 32.1 Å². The highest BCUT2D eigenvalue weighted by molar-refractivity contribution is 5.93. The number of para-hydroxylation sites is 1. The maximum atomic E-state index is 5.28. The van der Waals surface area contributed by atoms with E-state index in [1.54, 1.807) is 7.11 Å². The van der Waals surface area contributed by atoms with Crippen LogP contribution in [-0.4, -0.2) is 44.3 Å². The number of nitrogens with zero attached hydrogens (tertiary/aromatic N) is 1. The Morgan fingerprint density at radius 2 is 1.88 bits per heavy atom. The third kappa shape index (κ3) is 6.58. The van der Waals surface area contributed by atoms with E-state index in [2.05, 4.69) is 52.3 Å². The van der Waals surface area contributed by atoms with E-state index in [9.17, 15) is 0 Å². The van der Waals surface area contributed by atoms with Gasteiger partial charge in [0.15, 0.2) is 0 Å². The predicted octanol–water partition coefficient (Wildman–Crippen LogP) is 5.26. The Kier molecular flexibility index (Phi) is 9.60. The number of rotatable bonds is 10. The molecule has 172 valence electrons. The van der Waals surface area contributed by atoms with Gasteiger partial charge in [-0.2, -0.15) is 0 Å². The van der Waals surface area contributed by atoms with E-state index >= 15 is 0 Å². The lowest BCUT2D eigenvalue weighted by Crippen LogP contribution is -2.36. The van der Waals surface area contributed by atoms with Crippen molar-refractivity contribution >= 4 is 29.0 Å². The van der Waals surface area contributed by atoms with Crippen molar-refractivity contribution in [3.63, 3.8) is 0 Å². The van der Waals surface area contributed by atoms with Gasteiger partial charge >= 0.3 is 0 Å². The fourth-order valence-electron chi connectivity index (χ4n) is 4.24. The molecule has 1 fully saturated rings. The molecule has 1 aromatic heterocycles. The molecule has 3 aromatic rings. The fraction of sp³-hybridized carbons (Fsp3) is 0.423. The number of nitrogens with one attached hydrogen (secondary N) is 3. The SMILES string of the molecule is COc1ccc(-c2cc(NCCCNCCC3CCCCN3)c3ccccc3n2)cc1.Cl. The summed E-state index contributed by atoms with van der Waals surface area (Å²) in [6, 6.07) is 19.3. The number of piperidine rings is 1. The third-order valence-electron chi connectivity index (χ3n) is 6.03. The zero-order chi connectivity index (χ0) is 21.3. The van der Waals surface area contributed by atoms with E-state index in [0.29, 0.717) is 6.04 Å². The number of anilines is 1. The average Bonchev–Trinajstić information content (AvgIpc) is 2.84. The van der Waals surface area contributed by atoms with Gasteiger partial charge in [-0.15, -0.1) is 12.4 Å². The maximum absolute atomic E-state index is 5.28. The van der Waals surface area contributed by atoms with Gasteiger partial charge in [0.05, 0.1) is 18.3 Å². The topological polar surface area (TPSA) is 58.2 Å². The van der Waals surface area contributed by atoms with Crippen molar-refractivity contribution in [2.75, 3.05) is 38.6 Å². The minimum Gasteiger partial charge on any atom is -0.497 e. The van der Waals surface area contributed by atoms with Gasteiger partial charge in [-0.25, -0.2) is 4.98 Å². The van der Waals surface area contributed by atoms with Crippen LogP contribution in [0.4, 0.5) is 5.69 Å². The Hall–Kier alpha value is -2.34. The molecule has 1 aliphatic rings. The first-order valence-corrected chi connectivity index (χ1v) is 11.6. The summed E-state index contributed by atoms with van der Waals surface area (Å²) in [5.41, 5.74) is 4.22. The molecule has 1 aliphatic heterocycles. The average molecular weight is 455 g/mol. The second-order valence-electron chi connectivity index (χ2n) is 8.27. The van der Waals surface area contributed by atoms with Crippen LogP contribution in [0.5, 0.6) is 5.75 Å². The highest BCUT2D eigenvalue weighted by Crippen LogP contribution is 2.29. The summed E-state index contributed by atoms with van der Waals surface area (Å²) in [6.07, 6.45) is 6.36. The normalized spacial score (nSPS) is 15.8. The smallest absolute Gasteiger partial charge is 0.118 e. The molecule has 6 heteroatoms. The van der Waals surface area contributed by atoms with Gasteiger partial charge in [-0.1, -0.05) is 24.6 Å². The summed E-state index contributed by atoms with van der Waals surface area (Å²) in [4.78, 5) is 4.88. The highest BCUT2D eigenvalue weighted by Gasteiger charge is 2.11. The molecule has 1 atom stereocenters. The van der Waals surface area contributed by atoms with Crippen molar-refractivity contribution < 1.29 is 4.74 Å². The van der Waals surface area contributed by atoms with E-state index in [1.807, 2.05) is 18.2 Å². The van der Waals surface area contributed by atoms with Crippen molar-refractivity contribution in [2.45, 2.75) is 38.1 Å². The molecule has 0 aliphatic carbocycles. The van der Waals surface area contributed by atoms with Crippen molar-refractivity contribution in [3.8, 4) is 17.0 Å². The molecule has 0 radical (unpaired) electrons. The second-order valence-corrected chi connectivity index (χ2v) is 8.27. The number of benzene rings is 2. The summed E-state index contributed by atoms with van der Waals surface area (Å²) in [7, 11) is 1.69. The first kappa shape index (κ1) is 24.3. The minimum atomic E-state index is 0. The quantitative estimate of drug-likeness (QED) is 0.365. The van der Waals surface area contributed by atoms with Crippen LogP contribution in [0.2, 0.25) is 0 Å². The summed E-state index contributed by atoms with van der Waals surface area (Å²) in [5, 5.41) is 12.0. The number of fused-ring (bicyclic) bond motifs is 1. The summed E-state index contributed by atoms with van der Waals surface area (Å²) in [6.45, 7) is 4.25. The van der Waals surface area contributed by atoms with Gasteiger partial charge < -0.3 is 20.7 Å². The van der Waals surface area contributed by atoms with Gasteiger partial charge in [0.25, 0.3) is 0 Å². The van der Waals surface area contributed by atoms with Crippen molar-refractivity contribution in [1.82, 2.24) is 15.6 Å². The monoisotopic (exact) mass is 454 g/mol. The molecule has 2 aromatic carbocycles. The first-order chi connectivity index (χ1) is 15.3. The van der Waals surface area contributed by atoms with Crippen molar-refractivity contribution in [3.05, 3.63) is 54.6 Å². The van der Waals surface area contributed by atoms with Crippen molar-refractivity contribution in [2.24, 2.45) is 0 Å². The zero-order valence-electron chi connectivity index (χ0n) is 18.9. The summed E-state index contributed by atoms with van der Waals surface area (Å²) >= 11 is 0. The number of methoxy groups -OCH3 is 1. The number of hydrogen-bond donors (Lipinski definition) is 3. The number of aromatic nitrogens is 1. The fourth-order valence-corrected chi connectivity index (χ4v) is 4.24. The molecule has 2 heterocycles. The second kappa shape index (κ2) is 12.6. The van der Waals surface area contributed by atoms with Gasteiger partial charge in [0, 0.05) is 29.2 Å². The Bertz CT molecular complexity index is 958. The molecule has 5 nitrogen and oxygen atoms in total. The molecule has 0 amide bonds. The standard InChI is InChI=1S/C26H34N4O.ClH/c1-31-22-12-10-20(11-13-22)25-19-26(23-8-2-3-9-24(23)30-25)29-17-6-15-27-18-14-21-7-4-5-16-28-21;/h2-3,8-13,19,21,27-28H,4-7,14-18H2,1H3,(H,29,30);1H. The van der Waals surface area contributed by atoms with Crippen LogP contribution in [0.3, 0.4) is 0 Å². The number of pyridine rings is 1. The van der Waals surface area contributed by atoms with Crippen molar-refractivity contribution in [1.29, 1.82) is 0 Å². The Morgan fingerprint density at radius 3 is 2.66 bits per heavy atom. The molecule has 3 N–H and O–H groups in total. The van der Waals surface area contributed by atoms with Crippen LogP contribution in [-0.2, 0) is 0 Å². The molecule has 0 saturated carbocycles. The lowest BCUT2D eigenvalue weighted by atomic mass is 10.0. The third-order valence-corrected chi connectivity index (χ3v) is 6.03. The van der Waals surface area contributed by atoms with Crippen LogP contribution >= 0.6 is 12.4 Å². The van der Waals surface area contributed by atoms with Gasteiger partial charge in [0.1, 0.15) is 5.75 Å². The van der Waals surface area contributed by atoms with Gasteiger partial charge in [-0.3, -0.25) is 0 Å². The van der Waals surface area contributed by atoms with E-state index in [0.717, 1.165) is 59.7 Å². The zero-order valence-corrected chi connectivity index (χ0v) is 19.7. The summed E-state index contributed by atoms with van der Waals surface area (Å²) < 4.78 is 5.28. The predicted molar refractivity (Wildman–Crippen MR) is 137 cm³/mol. The highest BCUT2D eigenvalue weighted by atomic mass is 35.5. The Balaban J connectivity index is 0.00000289. The van der Waals surface area contributed by atoms with Gasteiger partial charge in [-0.05, 0) is 81.7 Å². The lowest BCUT2D eigenvalue weighted by Gasteiger charge is -2.23. The van der Waals surface area contributed by atoms with E-state index in [-0.39, 0.29) is 12.4 Å². The number of halogens is 1. The molecular formula is C26H35ClN4O. The number of ether oxygens (including phenoxy) is 1. The van der Waals surface area contributed by atoms with Crippen LogP contribution in [0.25, 0.3) is 22.2 Å². The molecule has 32 heavy (non-hydrogen) atoms. The Labute approximate surface area is 197 Å².